The Balaban J connectivity index is 1.49. The number of carbonyl (C=O) groups excluding carboxylic acids is 1. The lowest BCUT2D eigenvalue weighted by molar-refractivity contribution is -0.117. The standard InChI is InChI=1S/C15H18N4O2S/c20-14(17-15-18-16-11-22-15)9-19-8-4-5-12(19)10-21-13-6-2-1-3-7-13/h1-3,6-7,11-12H,4-5,8-10H2,(H,17,18,20). The van der Waals surface area contributed by atoms with Crippen molar-refractivity contribution in [2.75, 3.05) is 25.0 Å². The maximum atomic E-state index is 12.0. The van der Waals surface area contributed by atoms with Crippen LogP contribution >= 0.6 is 11.3 Å². The van der Waals surface area contributed by atoms with Crippen LogP contribution in [0.5, 0.6) is 5.75 Å². The molecule has 1 fully saturated rings. The van der Waals surface area contributed by atoms with Gasteiger partial charge in [-0.15, -0.1) is 10.2 Å². The molecule has 2 aromatic rings. The zero-order chi connectivity index (χ0) is 15.2. The van der Waals surface area contributed by atoms with E-state index in [0.29, 0.717) is 18.3 Å². The number of amides is 1. The molecule has 1 amide bonds. The third kappa shape index (κ3) is 4.02. The van der Waals surface area contributed by atoms with Gasteiger partial charge in [-0.1, -0.05) is 29.5 Å². The van der Waals surface area contributed by atoms with Gasteiger partial charge in [0.05, 0.1) is 6.54 Å². The van der Waals surface area contributed by atoms with Crippen molar-refractivity contribution in [3.8, 4) is 5.75 Å². The number of nitrogens with zero attached hydrogens (tertiary/aromatic N) is 3. The molecular formula is C15H18N4O2S. The summed E-state index contributed by atoms with van der Waals surface area (Å²) in [4.78, 5) is 14.2. The first-order valence-corrected chi connectivity index (χ1v) is 8.17. The molecule has 1 aromatic carbocycles. The van der Waals surface area contributed by atoms with Crippen molar-refractivity contribution in [2.24, 2.45) is 0 Å². The summed E-state index contributed by atoms with van der Waals surface area (Å²) in [7, 11) is 0. The van der Waals surface area contributed by atoms with Crippen LogP contribution in [0.25, 0.3) is 0 Å². The number of hydrogen-bond donors (Lipinski definition) is 1. The molecule has 1 aliphatic heterocycles. The number of ether oxygens (including phenoxy) is 1. The van der Waals surface area contributed by atoms with Gasteiger partial charge in [-0.2, -0.15) is 0 Å². The van der Waals surface area contributed by atoms with Gasteiger partial charge < -0.3 is 4.74 Å². The van der Waals surface area contributed by atoms with Gasteiger partial charge in [-0.25, -0.2) is 0 Å². The lowest BCUT2D eigenvalue weighted by atomic mass is 10.2. The summed E-state index contributed by atoms with van der Waals surface area (Å²) in [6.07, 6.45) is 2.15. The van der Waals surface area contributed by atoms with Gasteiger partial charge >= 0.3 is 0 Å². The van der Waals surface area contributed by atoms with Crippen LogP contribution in [0.15, 0.2) is 35.8 Å². The molecule has 1 unspecified atom stereocenters. The summed E-state index contributed by atoms with van der Waals surface area (Å²) in [5.74, 6) is 0.816. The first-order valence-electron chi connectivity index (χ1n) is 7.29. The fourth-order valence-electron chi connectivity index (χ4n) is 2.57. The fraction of sp³-hybridized carbons (Fsp3) is 0.400. The highest BCUT2D eigenvalue weighted by Crippen LogP contribution is 2.19. The molecular weight excluding hydrogens is 300 g/mol. The molecule has 1 saturated heterocycles. The van der Waals surface area contributed by atoms with Crippen LogP contribution in [0.1, 0.15) is 12.8 Å². The van der Waals surface area contributed by atoms with E-state index in [1.807, 2.05) is 30.3 Å². The molecule has 1 aliphatic rings. The molecule has 0 aliphatic carbocycles. The minimum Gasteiger partial charge on any atom is -0.492 e. The third-order valence-corrected chi connectivity index (χ3v) is 4.24. The van der Waals surface area contributed by atoms with Crippen molar-refractivity contribution in [3.63, 3.8) is 0 Å². The minimum atomic E-state index is -0.0524. The van der Waals surface area contributed by atoms with Crippen LogP contribution in [0.3, 0.4) is 0 Å². The Hall–Kier alpha value is -1.99. The second-order valence-corrected chi connectivity index (χ2v) is 6.02. The Bertz CT molecular complexity index is 591. The highest BCUT2D eigenvalue weighted by Gasteiger charge is 2.27. The van der Waals surface area contributed by atoms with Gasteiger partial charge in [0, 0.05) is 6.04 Å². The molecule has 6 nitrogen and oxygen atoms in total. The molecule has 2 heterocycles. The SMILES string of the molecule is O=C(CN1CCCC1COc1ccccc1)Nc1nncs1. The molecule has 7 heteroatoms. The van der Waals surface area contributed by atoms with Crippen LogP contribution in [-0.4, -0.2) is 46.7 Å². The number of anilines is 1. The van der Waals surface area contributed by atoms with E-state index in [1.54, 1.807) is 5.51 Å². The van der Waals surface area contributed by atoms with Gasteiger partial charge in [0.15, 0.2) is 0 Å². The Morgan fingerprint density at radius 1 is 1.41 bits per heavy atom. The normalized spacial score (nSPS) is 18.3. The summed E-state index contributed by atoms with van der Waals surface area (Å²) in [5, 5.41) is 10.8. The van der Waals surface area contributed by atoms with Crippen molar-refractivity contribution in [3.05, 3.63) is 35.8 Å². The predicted molar refractivity (Wildman–Crippen MR) is 85.1 cm³/mol. The van der Waals surface area contributed by atoms with Gasteiger partial charge in [-0.3, -0.25) is 15.0 Å². The third-order valence-electron chi connectivity index (χ3n) is 3.64. The smallest absolute Gasteiger partial charge is 0.240 e. The molecule has 1 N–H and O–H groups in total. The van der Waals surface area contributed by atoms with Gasteiger partial charge in [0.25, 0.3) is 0 Å². The van der Waals surface area contributed by atoms with Crippen LogP contribution in [0, 0.1) is 0 Å². The number of carbonyl (C=O) groups is 1. The van der Waals surface area contributed by atoms with E-state index in [1.165, 1.54) is 11.3 Å². The second kappa shape index (κ2) is 7.33. The van der Waals surface area contributed by atoms with Gasteiger partial charge in [-0.05, 0) is 31.5 Å². The molecule has 3 rings (SSSR count). The zero-order valence-electron chi connectivity index (χ0n) is 12.1. The number of aromatic nitrogens is 2. The topological polar surface area (TPSA) is 67.3 Å². The number of likely N-dealkylation sites (tertiary alicyclic amines) is 1. The monoisotopic (exact) mass is 318 g/mol. The van der Waals surface area contributed by atoms with Crippen molar-refractivity contribution >= 4 is 22.4 Å². The van der Waals surface area contributed by atoms with Crippen LogP contribution in [0.2, 0.25) is 0 Å². The molecule has 1 aromatic heterocycles. The number of rotatable bonds is 6. The van der Waals surface area contributed by atoms with Crippen LogP contribution in [0.4, 0.5) is 5.13 Å². The summed E-state index contributed by atoms with van der Waals surface area (Å²) in [5.41, 5.74) is 1.60. The van der Waals surface area contributed by atoms with Crippen molar-refractivity contribution in [1.82, 2.24) is 15.1 Å². The quantitative estimate of drug-likeness (QED) is 0.882. The molecule has 0 radical (unpaired) electrons. The lowest BCUT2D eigenvalue weighted by Gasteiger charge is -2.23. The zero-order valence-corrected chi connectivity index (χ0v) is 13.0. The molecule has 22 heavy (non-hydrogen) atoms. The van der Waals surface area contributed by atoms with Gasteiger partial charge in [0.2, 0.25) is 11.0 Å². The average Bonchev–Trinajstić information content (AvgIpc) is 3.18. The molecule has 0 spiro atoms. The first kappa shape index (κ1) is 14.9. The van der Waals surface area contributed by atoms with E-state index >= 15 is 0 Å². The fourth-order valence-corrected chi connectivity index (χ4v) is 3.03. The highest BCUT2D eigenvalue weighted by molar-refractivity contribution is 7.13. The molecule has 0 saturated carbocycles. The number of nitrogens with one attached hydrogen (secondary N) is 1. The predicted octanol–water partition coefficient (Wildman–Crippen LogP) is 2.02. The number of hydrogen-bond acceptors (Lipinski definition) is 6. The van der Waals surface area contributed by atoms with E-state index in [9.17, 15) is 4.79 Å². The number of para-hydroxylation sites is 1. The summed E-state index contributed by atoms with van der Waals surface area (Å²) < 4.78 is 5.81. The largest absolute Gasteiger partial charge is 0.492 e. The average molecular weight is 318 g/mol. The Morgan fingerprint density at radius 3 is 3.05 bits per heavy atom. The van der Waals surface area contributed by atoms with Gasteiger partial charge in [0.1, 0.15) is 17.9 Å². The maximum absolute atomic E-state index is 12.0. The summed E-state index contributed by atoms with van der Waals surface area (Å²) in [6, 6.07) is 10.0. The highest BCUT2D eigenvalue weighted by atomic mass is 32.1. The van der Waals surface area contributed by atoms with E-state index in [4.69, 9.17) is 4.74 Å². The molecule has 116 valence electrons. The van der Waals surface area contributed by atoms with Crippen molar-refractivity contribution < 1.29 is 9.53 Å². The summed E-state index contributed by atoms with van der Waals surface area (Å²) in [6.45, 7) is 1.89. The molecule has 0 bridgehead atoms. The Kier molecular flexibility index (Phi) is 4.97. The van der Waals surface area contributed by atoms with Crippen molar-refractivity contribution in [2.45, 2.75) is 18.9 Å². The maximum Gasteiger partial charge on any atom is 0.240 e. The molecule has 1 atom stereocenters. The van der Waals surface area contributed by atoms with E-state index in [2.05, 4.69) is 20.4 Å². The van der Waals surface area contributed by atoms with E-state index in [-0.39, 0.29) is 11.9 Å². The minimum absolute atomic E-state index is 0.0524. The summed E-state index contributed by atoms with van der Waals surface area (Å²) >= 11 is 1.32. The first-order chi connectivity index (χ1) is 10.8. The van der Waals surface area contributed by atoms with E-state index in [0.717, 1.165) is 25.1 Å². The van der Waals surface area contributed by atoms with Crippen LogP contribution < -0.4 is 10.1 Å². The Morgan fingerprint density at radius 2 is 2.27 bits per heavy atom. The van der Waals surface area contributed by atoms with Crippen LogP contribution in [-0.2, 0) is 4.79 Å². The number of benzene rings is 1. The van der Waals surface area contributed by atoms with Crippen molar-refractivity contribution in [1.29, 1.82) is 0 Å². The Labute approximate surface area is 133 Å². The van der Waals surface area contributed by atoms with E-state index < -0.39 is 0 Å². The lowest BCUT2D eigenvalue weighted by Crippen LogP contribution is -2.39. The second-order valence-electron chi connectivity index (χ2n) is 5.18.